The standard InChI is InChI=1S/C22H15N7O3S3/c1-4-18(30-9-1)28-22(15-5-10-32-25-15,16-3-2-12-33-16)19(20-23-7-11-31-20)27(17-6-13-35-26-17)29(28)21-24-8-14-34-21/h1-14,19H. The summed E-state index contributed by atoms with van der Waals surface area (Å²) >= 11 is 4.44. The minimum Gasteiger partial charge on any atom is -0.447 e. The van der Waals surface area contributed by atoms with Crippen molar-refractivity contribution in [2.24, 2.45) is 0 Å². The van der Waals surface area contributed by atoms with E-state index in [2.05, 4.69) is 21.2 Å². The number of furan rings is 1. The average molecular weight is 522 g/mol. The number of thiazole rings is 1. The summed E-state index contributed by atoms with van der Waals surface area (Å²) in [5.74, 6) is 1.75. The van der Waals surface area contributed by atoms with Gasteiger partial charge < -0.3 is 13.4 Å². The van der Waals surface area contributed by atoms with Gasteiger partial charge in [0.25, 0.3) is 0 Å². The van der Waals surface area contributed by atoms with Gasteiger partial charge >= 0.3 is 0 Å². The number of aromatic nitrogens is 4. The number of rotatable bonds is 6. The van der Waals surface area contributed by atoms with Crippen LogP contribution >= 0.6 is 34.2 Å². The Hall–Kier alpha value is -3.94. The van der Waals surface area contributed by atoms with E-state index >= 15 is 0 Å². The molecule has 0 N–H and O–H groups in total. The number of anilines is 3. The molecule has 0 saturated carbocycles. The van der Waals surface area contributed by atoms with Crippen LogP contribution in [0.25, 0.3) is 0 Å². The minimum atomic E-state index is -1.01. The van der Waals surface area contributed by atoms with Crippen molar-refractivity contribution in [2.45, 2.75) is 11.6 Å². The van der Waals surface area contributed by atoms with E-state index in [4.69, 9.17) is 17.7 Å². The highest BCUT2D eigenvalue weighted by atomic mass is 32.1. The van der Waals surface area contributed by atoms with Crippen LogP contribution in [0.5, 0.6) is 0 Å². The Morgan fingerprint density at radius 2 is 1.89 bits per heavy atom. The predicted molar refractivity (Wildman–Crippen MR) is 131 cm³/mol. The SMILES string of the molecule is c1coc(N2N(c3nccs3)N(c3ccsn3)C(c3ncco3)C2(c2ccon2)c2cccs2)c1. The van der Waals surface area contributed by atoms with Crippen molar-refractivity contribution in [3.63, 3.8) is 0 Å². The number of hydrogen-bond donors (Lipinski definition) is 0. The lowest BCUT2D eigenvalue weighted by Crippen LogP contribution is -2.51. The Labute approximate surface area is 210 Å². The van der Waals surface area contributed by atoms with E-state index < -0.39 is 11.6 Å². The molecule has 10 nitrogen and oxygen atoms in total. The van der Waals surface area contributed by atoms with E-state index in [-0.39, 0.29) is 0 Å². The van der Waals surface area contributed by atoms with E-state index in [9.17, 15) is 0 Å². The fourth-order valence-corrected chi connectivity index (χ4v) is 6.59. The Bertz CT molecular complexity index is 1350. The summed E-state index contributed by atoms with van der Waals surface area (Å²) in [4.78, 5) is 10.3. The first-order valence-electron chi connectivity index (χ1n) is 10.5. The molecule has 1 saturated heterocycles. The van der Waals surface area contributed by atoms with Crippen molar-refractivity contribution in [1.82, 2.24) is 19.5 Å². The van der Waals surface area contributed by atoms with Crippen LogP contribution in [-0.2, 0) is 5.54 Å². The molecule has 1 aliphatic rings. The van der Waals surface area contributed by atoms with Gasteiger partial charge in [-0.25, -0.2) is 20.0 Å². The molecule has 0 aromatic carbocycles. The van der Waals surface area contributed by atoms with Gasteiger partial charge in [-0.1, -0.05) is 11.2 Å². The molecule has 6 aromatic rings. The van der Waals surface area contributed by atoms with Gasteiger partial charge in [-0.15, -0.1) is 22.7 Å². The summed E-state index contributed by atoms with van der Waals surface area (Å²) in [7, 11) is 0. The van der Waals surface area contributed by atoms with Gasteiger partial charge in [0.2, 0.25) is 16.9 Å². The molecule has 0 radical (unpaired) electrons. The third kappa shape index (κ3) is 2.92. The van der Waals surface area contributed by atoms with Crippen molar-refractivity contribution in [1.29, 1.82) is 0 Å². The third-order valence-electron chi connectivity index (χ3n) is 5.74. The first-order chi connectivity index (χ1) is 17.4. The summed E-state index contributed by atoms with van der Waals surface area (Å²) in [6.45, 7) is 0. The number of hydrogen-bond acceptors (Lipinski definition) is 13. The molecular formula is C22H15N7O3S3. The molecule has 0 spiro atoms. The fourth-order valence-electron chi connectivity index (χ4n) is 4.52. The van der Waals surface area contributed by atoms with Crippen LogP contribution in [0.4, 0.5) is 16.8 Å². The highest BCUT2D eigenvalue weighted by Gasteiger charge is 2.66. The number of thiophene rings is 1. The molecule has 7 heterocycles. The second-order valence-corrected chi connectivity index (χ2v) is 9.96. The van der Waals surface area contributed by atoms with Crippen LogP contribution in [0, 0.1) is 0 Å². The zero-order valence-electron chi connectivity index (χ0n) is 17.7. The van der Waals surface area contributed by atoms with Crippen LogP contribution in [0.15, 0.2) is 97.1 Å². The van der Waals surface area contributed by atoms with Gasteiger partial charge in [0.15, 0.2) is 17.4 Å². The second kappa shape index (κ2) is 8.08. The molecule has 2 atom stereocenters. The molecule has 0 amide bonds. The molecule has 13 heteroatoms. The van der Waals surface area contributed by atoms with E-state index in [1.54, 1.807) is 42.5 Å². The molecule has 6 aromatic heterocycles. The molecule has 7 rings (SSSR count). The topological polar surface area (TPSA) is 101 Å². The van der Waals surface area contributed by atoms with Crippen LogP contribution in [0.2, 0.25) is 0 Å². The number of nitrogens with zero attached hydrogens (tertiary/aromatic N) is 7. The van der Waals surface area contributed by atoms with Gasteiger partial charge in [-0.2, -0.15) is 9.49 Å². The second-order valence-electron chi connectivity index (χ2n) is 7.47. The molecule has 174 valence electrons. The van der Waals surface area contributed by atoms with E-state index in [1.807, 2.05) is 61.6 Å². The maximum absolute atomic E-state index is 6.04. The summed E-state index contributed by atoms with van der Waals surface area (Å²) in [5, 5.41) is 17.1. The number of oxazole rings is 1. The minimum absolute atomic E-state index is 0.477. The Kier molecular flexibility index (Phi) is 4.72. The maximum Gasteiger partial charge on any atom is 0.225 e. The third-order valence-corrected chi connectivity index (χ3v) is 8.02. The van der Waals surface area contributed by atoms with Gasteiger partial charge in [0.1, 0.15) is 18.2 Å². The number of hydrazine groups is 2. The van der Waals surface area contributed by atoms with Crippen molar-refractivity contribution in [3.8, 4) is 0 Å². The monoisotopic (exact) mass is 521 g/mol. The smallest absolute Gasteiger partial charge is 0.225 e. The summed E-state index contributed by atoms with van der Waals surface area (Å²) in [6.07, 6.45) is 8.18. The lowest BCUT2D eigenvalue weighted by molar-refractivity contribution is 0.338. The van der Waals surface area contributed by atoms with Crippen molar-refractivity contribution in [2.75, 3.05) is 15.1 Å². The van der Waals surface area contributed by atoms with Crippen LogP contribution < -0.4 is 15.1 Å². The lowest BCUT2D eigenvalue weighted by Gasteiger charge is -2.38. The molecule has 1 fully saturated rings. The summed E-state index contributed by atoms with van der Waals surface area (Å²) in [6, 6.07) is 11.1. The first-order valence-corrected chi connectivity index (χ1v) is 13.1. The Morgan fingerprint density at radius 1 is 0.886 bits per heavy atom. The summed E-state index contributed by atoms with van der Waals surface area (Å²) in [5.41, 5.74) is -0.363. The average Bonchev–Trinajstić information content (AvgIpc) is 3.71. The van der Waals surface area contributed by atoms with Crippen molar-refractivity contribution in [3.05, 3.63) is 100 Å². The maximum atomic E-state index is 6.04. The fraction of sp³-hybridized carbons (Fsp3) is 0.0909. The zero-order valence-corrected chi connectivity index (χ0v) is 20.2. The van der Waals surface area contributed by atoms with E-state index in [1.165, 1.54) is 22.9 Å². The van der Waals surface area contributed by atoms with Crippen LogP contribution in [-0.4, -0.2) is 19.5 Å². The molecule has 2 unspecified atom stereocenters. The largest absolute Gasteiger partial charge is 0.447 e. The predicted octanol–water partition coefficient (Wildman–Crippen LogP) is 5.58. The zero-order chi connectivity index (χ0) is 23.2. The van der Waals surface area contributed by atoms with E-state index in [0.717, 1.165) is 4.88 Å². The molecule has 0 bridgehead atoms. The Balaban J connectivity index is 1.63. The Morgan fingerprint density at radius 3 is 2.54 bits per heavy atom. The van der Waals surface area contributed by atoms with Crippen LogP contribution in [0.3, 0.4) is 0 Å². The quantitative estimate of drug-likeness (QED) is 0.276. The van der Waals surface area contributed by atoms with Gasteiger partial charge in [0.05, 0.1) is 12.5 Å². The molecule has 35 heavy (non-hydrogen) atoms. The van der Waals surface area contributed by atoms with Crippen LogP contribution in [0.1, 0.15) is 22.5 Å². The molecule has 1 aliphatic heterocycles. The normalized spacial score (nSPS) is 20.2. The summed E-state index contributed by atoms with van der Waals surface area (Å²) < 4.78 is 22.2. The highest BCUT2D eigenvalue weighted by Crippen LogP contribution is 2.58. The molecular weight excluding hydrogens is 506 g/mol. The van der Waals surface area contributed by atoms with Crippen molar-refractivity contribution < 1.29 is 13.4 Å². The lowest BCUT2D eigenvalue weighted by atomic mass is 9.84. The van der Waals surface area contributed by atoms with Gasteiger partial charge in [0, 0.05) is 34.0 Å². The van der Waals surface area contributed by atoms with Crippen molar-refractivity contribution >= 4 is 51.0 Å². The first kappa shape index (κ1) is 20.4. The molecule has 0 aliphatic carbocycles. The van der Waals surface area contributed by atoms with Gasteiger partial charge in [-0.3, -0.25) is 0 Å². The highest BCUT2D eigenvalue weighted by molar-refractivity contribution is 7.13. The van der Waals surface area contributed by atoms with Gasteiger partial charge in [-0.05, 0) is 35.1 Å². The van der Waals surface area contributed by atoms with E-state index in [0.29, 0.717) is 28.4 Å².